The number of ether oxygens (including phenoxy) is 1. The molecule has 35 heavy (non-hydrogen) atoms. The number of benzene rings is 3. The van der Waals surface area contributed by atoms with Crippen molar-refractivity contribution < 1.29 is 24.2 Å². The van der Waals surface area contributed by atoms with Crippen LogP contribution in [0.1, 0.15) is 43.4 Å². The number of aliphatic carboxylic acids is 1. The maximum atomic E-state index is 12.6. The summed E-state index contributed by atoms with van der Waals surface area (Å²) < 4.78 is 5.50. The molecule has 0 aromatic heterocycles. The van der Waals surface area contributed by atoms with Crippen molar-refractivity contribution in [3.63, 3.8) is 0 Å². The van der Waals surface area contributed by atoms with E-state index in [1.54, 1.807) is 45.0 Å². The summed E-state index contributed by atoms with van der Waals surface area (Å²) in [6, 6.07) is 21.9. The summed E-state index contributed by atoms with van der Waals surface area (Å²) in [5.41, 5.74) is 4.59. The smallest absolute Gasteiger partial charge is 0.407 e. The van der Waals surface area contributed by atoms with Crippen molar-refractivity contribution >= 4 is 23.7 Å². The van der Waals surface area contributed by atoms with E-state index in [1.807, 2.05) is 36.4 Å². The van der Waals surface area contributed by atoms with Gasteiger partial charge in [-0.25, -0.2) is 4.79 Å². The second-order valence-corrected chi connectivity index (χ2v) is 9.19. The molecule has 1 aliphatic carbocycles. The van der Waals surface area contributed by atoms with Gasteiger partial charge in [-0.15, -0.1) is 0 Å². The van der Waals surface area contributed by atoms with Crippen LogP contribution in [0.4, 0.5) is 10.5 Å². The molecule has 0 radical (unpaired) electrons. The second kappa shape index (κ2) is 9.62. The Hall–Kier alpha value is -4.13. The third kappa shape index (κ3) is 4.89. The quantitative estimate of drug-likeness (QED) is 0.453. The van der Waals surface area contributed by atoms with Crippen molar-refractivity contribution in [2.45, 2.75) is 38.1 Å². The fraction of sp³-hybridized carbons (Fsp3) is 0.250. The molecule has 7 nitrogen and oxygen atoms in total. The molecule has 4 rings (SSSR count). The van der Waals surface area contributed by atoms with Gasteiger partial charge < -0.3 is 20.5 Å². The van der Waals surface area contributed by atoms with Crippen molar-refractivity contribution in [2.75, 3.05) is 11.9 Å². The number of carboxylic acid groups (broad SMARTS) is 1. The molecule has 0 saturated heterocycles. The zero-order valence-corrected chi connectivity index (χ0v) is 19.9. The topological polar surface area (TPSA) is 105 Å². The molecule has 0 spiro atoms. The van der Waals surface area contributed by atoms with Gasteiger partial charge in [0.25, 0.3) is 0 Å². The van der Waals surface area contributed by atoms with Crippen LogP contribution < -0.4 is 10.6 Å². The first-order valence-electron chi connectivity index (χ1n) is 11.4. The summed E-state index contributed by atoms with van der Waals surface area (Å²) in [5.74, 6) is -1.41. The van der Waals surface area contributed by atoms with Gasteiger partial charge in [0.15, 0.2) is 0 Å². The van der Waals surface area contributed by atoms with Crippen molar-refractivity contribution in [3.05, 3.63) is 89.5 Å². The highest BCUT2D eigenvalue weighted by Gasteiger charge is 2.30. The van der Waals surface area contributed by atoms with Gasteiger partial charge in [0.2, 0.25) is 5.91 Å². The monoisotopic (exact) mass is 472 g/mol. The Morgan fingerprint density at radius 3 is 2.00 bits per heavy atom. The van der Waals surface area contributed by atoms with Crippen molar-refractivity contribution in [1.82, 2.24) is 5.32 Å². The highest BCUT2D eigenvalue weighted by Crippen LogP contribution is 2.44. The van der Waals surface area contributed by atoms with Crippen molar-refractivity contribution in [1.29, 1.82) is 0 Å². The molecule has 3 aromatic carbocycles. The number of hydrogen-bond donors (Lipinski definition) is 3. The van der Waals surface area contributed by atoms with Crippen LogP contribution in [-0.4, -0.2) is 35.7 Å². The molecule has 0 unspecified atom stereocenters. The number of hydrogen-bond acceptors (Lipinski definition) is 4. The van der Waals surface area contributed by atoms with Crippen LogP contribution in [0.3, 0.4) is 0 Å². The Labute approximate surface area is 204 Å². The Balaban J connectivity index is 1.33. The molecular formula is C28H28N2O5. The minimum absolute atomic E-state index is 0.0640. The molecule has 1 atom stereocenters. The van der Waals surface area contributed by atoms with Gasteiger partial charge in [0.1, 0.15) is 12.6 Å². The first kappa shape index (κ1) is 24.0. The molecule has 7 heteroatoms. The number of alkyl carbamates (subject to hydrolysis) is 1. The summed E-state index contributed by atoms with van der Waals surface area (Å²) in [6.45, 7) is 4.96. The highest BCUT2D eigenvalue weighted by molar-refractivity contribution is 5.96. The van der Waals surface area contributed by atoms with E-state index < -0.39 is 29.4 Å². The van der Waals surface area contributed by atoms with Gasteiger partial charge in [-0.1, -0.05) is 60.7 Å². The summed E-state index contributed by atoms with van der Waals surface area (Å²) in [7, 11) is 0. The lowest BCUT2D eigenvalue weighted by Crippen LogP contribution is -2.42. The normalized spacial score (nSPS) is 13.3. The number of fused-ring (bicyclic) bond motifs is 3. The molecule has 0 fully saturated rings. The molecule has 3 aromatic rings. The van der Waals surface area contributed by atoms with E-state index in [9.17, 15) is 19.5 Å². The van der Waals surface area contributed by atoms with Crippen LogP contribution in [0, 0.1) is 0 Å². The lowest BCUT2D eigenvalue weighted by atomic mass is 9.85. The molecule has 2 amide bonds. The lowest BCUT2D eigenvalue weighted by molar-refractivity contribution is -0.142. The van der Waals surface area contributed by atoms with Gasteiger partial charge in [-0.05, 0) is 60.7 Å². The number of carbonyl (C=O) groups is 3. The fourth-order valence-electron chi connectivity index (χ4n) is 4.23. The van der Waals surface area contributed by atoms with E-state index in [0.29, 0.717) is 11.3 Å². The number of carboxylic acids is 1. The molecule has 0 bridgehead atoms. The van der Waals surface area contributed by atoms with Gasteiger partial charge in [0, 0.05) is 11.6 Å². The molecular weight excluding hydrogens is 444 g/mol. The van der Waals surface area contributed by atoms with E-state index in [-0.39, 0.29) is 12.5 Å². The Kier molecular flexibility index (Phi) is 6.60. The lowest BCUT2D eigenvalue weighted by Gasteiger charge is -2.20. The van der Waals surface area contributed by atoms with Crippen LogP contribution in [0.25, 0.3) is 11.1 Å². The second-order valence-electron chi connectivity index (χ2n) is 9.19. The molecule has 1 aliphatic rings. The third-order valence-electron chi connectivity index (χ3n) is 6.48. The standard InChI is InChI=1S/C28H28N2O5/c1-17(25(31)30-19-14-12-18(13-15-19)28(2,3)26(32)33)29-27(34)35-16-24-22-10-6-4-8-20(22)21-9-5-7-11-23(21)24/h4-15,17,24H,16H2,1-3H3,(H,29,34)(H,30,31)(H,32,33)/t17-/m1/s1. The van der Waals surface area contributed by atoms with Gasteiger partial charge in [-0.3, -0.25) is 9.59 Å². The van der Waals surface area contributed by atoms with Crippen LogP contribution in [-0.2, 0) is 19.7 Å². The highest BCUT2D eigenvalue weighted by atomic mass is 16.5. The van der Waals surface area contributed by atoms with Crippen LogP contribution in [0.5, 0.6) is 0 Å². The van der Waals surface area contributed by atoms with E-state index >= 15 is 0 Å². The van der Waals surface area contributed by atoms with E-state index in [4.69, 9.17) is 4.74 Å². The first-order valence-corrected chi connectivity index (χ1v) is 11.4. The van der Waals surface area contributed by atoms with Crippen LogP contribution in [0.15, 0.2) is 72.8 Å². The van der Waals surface area contributed by atoms with Gasteiger partial charge in [0.05, 0.1) is 5.41 Å². The Morgan fingerprint density at radius 2 is 1.46 bits per heavy atom. The van der Waals surface area contributed by atoms with E-state index in [2.05, 4.69) is 22.8 Å². The number of carbonyl (C=O) groups excluding carboxylic acids is 2. The Bertz CT molecular complexity index is 1220. The predicted molar refractivity (Wildman–Crippen MR) is 133 cm³/mol. The summed E-state index contributed by atoms with van der Waals surface area (Å²) in [6.07, 6.45) is -0.673. The molecule has 180 valence electrons. The zero-order valence-electron chi connectivity index (χ0n) is 19.9. The Morgan fingerprint density at radius 1 is 0.914 bits per heavy atom. The number of amides is 2. The van der Waals surface area contributed by atoms with Gasteiger partial charge in [-0.2, -0.15) is 0 Å². The predicted octanol–water partition coefficient (Wildman–Crippen LogP) is 4.91. The van der Waals surface area contributed by atoms with Crippen molar-refractivity contribution in [3.8, 4) is 11.1 Å². The number of anilines is 1. The maximum absolute atomic E-state index is 12.6. The minimum atomic E-state index is -1.04. The van der Waals surface area contributed by atoms with Crippen LogP contribution in [0.2, 0.25) is 0 Å². The summed E-state index contributed by atoms with van der Waals surface area (Å²) in [5, 5.41) is 14.6. The van der Waals surface area contributed by atoms with Gasteiger partial charge >= 0.3 is 12.1 Å². The number of nitrogens with one attached hydrogen (secondary N) is 2. The molecule has 0 saturated carbocycles. The van der Waals surface area contributed by atoms with Crippen molar-refractivity contribution in [2.24, 2.45) is 0 Å². The van der Waals surface area contributed by atoms with E-state index in [0.717, 1.165) is 22.3 Å². The average Bonchev–Trinajstić information content (AvgIpc) is 3.16. The maximum Gasteiger partial charge on any atom is 0.407 e. The SMILES string of the molecule is C[C@@H](NC(=O)OCC1c2ccccc2-c2ccccc21)C(=O)Nc1ccc(C(C)(C)C(=O)O)cc1. The van der Waals surface area contributed by atoms with E-state index in [1.165, 1.54) is 0 Å². The third-order valence-corrected chi connectivity index (χ3v) is 6.48. The van der Waals surface area contributed by atoms with Crippen LogP contribution >= 0.6 is 0 Å². The number of rotatable bonds is 7. The fourth-order valence-corrected chi connectivity index (χ4v) is 4.23. The largest absolute Gasteiger partial charge is 0.481 e. The molecule has 0 heterocycles. The summed E-state index contributed by atoms with van der Waals surface area (Å²) in [4.78, 5) is 36.4. The zero-order chi connectivity index (χ0) is 25.2. The molecule has 0 aliphatic heterocycles. The average molecular weight is 473 g/mol. The minimum Gasteiger partial charge on any atom is -0.481 e. The first-order chi connectivity index (χ1) is 16.7. The summed E-state index contributed by atoms with van der Waals surface area (Å²) >= 11 is 0. The molecule has 3 N–H and O–H groups in total.